The van der Waals surface area contributed by atoms with E-state index in [0.29, 0.717) is 16.8 Å². The van der Waals surface area contributed by atoms with Crippen LogP contribution >= 0.6 is 11.6 Å². The van der Waals surface area contributed by atoms with Crippen molar-refractivity contribution in [2.45, 2.75) is 12.8 Å². The molecule has 0 radical (unpaired) electrons. The van der Waals surface area contributed by atoms with E-state index in [4.69, 9.17) is 17.3 Å². The van der Waals surface area contributed by atoms with Crippen molar-refractivity contribution in [3.63, 3.8) is 0 Å². The van der Waals surface area contributed by atoms with E-state index in [1.54, 1.807) is 12.1 Å². The van der Waals surface area contributed by atoms with Gasteiger partial charge in [-0.25, -0.2) is 4.98 Å². The van der Waals surface area contributed by atoms with Crippen LogP contribution in [0.5, 0.6) is 0 Å². The third-order valence-electron chi connectivity index (χ3n) is 3.60. The summed E-state index contributed by atoms with van der Waals surface area (Å²) < 4.78 is 0. The molecule has 0 aromatic carbocycles. The maximum atomic E-state index is 12.4. The molecule has 0 saturated carbocycles. The third-order valence-corrected chi connectivity index (χ3v) is 3.90. The van der Waals surface area contributed by atoms with Crippen LogP contribution in [0.25, 0.3) is 0 Å². The molecule has 1 aromatic heterocycles. The standard InChI is InChI=1S/C14H21ClN4O/c1-18(2)9-10-5-7-19(8-6-10)14(20)13-11(15)3-4-12(16)17-13/h3-4,10H,5-9H2,1-2H3,(H2,16,17). The maximum absolute atomic E-state index is 12.4. The summed E-state index contributed by atoms with van der Waals surface area (Å²) in [5.74, 6) is 0.851. The van der Waals surface area contributed by atoms with Crippen molar-refractivity contribution in [1.29, 1.82) is 0 Å². The van der Waals surface area contributed by atoms with Crippen molar-refractivity contribution in [1.82, 2.24) is 14.8 Å². The lowest BCUT2D eigenvalue weighted by atomic mass is 9.96. The van der Waals surface area contributed by atoms with Crippen molar-refractivity contribution in [2.24, 2.45) is 5.92 Å². The van der Waals surface area contributed by atoms with Crippen LogP contribution in [0, 0.1) is 5.92 Å². The molecule has 2 rings (SSSR count). The van der Waals surface area contributed by atoms with Gasteiger partial charge in [-0.1, -0.05) is 11.6 Å². The van der Waals surface area contributed by atoms with Gasteiger partial charge < -0.3 is 15.5 Å². The number of nitrogens with zero attached hydrogens (tertiary/aromatic N) is 3. The van der Waals surface area contributed by atoms with E-state index in [1.165, 1.54) is 0 Å². The van der Waals surface area contributed by atoms with E-state index >= 15 is 0 Å². The fraction of sp³-hybridized carbons (Fsp3) is 0.571. The number of piperidine rings is 1. The van der Waals surface area contributed by atoms with Gasteiger partial charge >= 0.3 is 0 Å². The van der Waals surface area contributed by atoms with Gasteiger partial charge in [-0.2, -0.15) is 0 Å². The smallest absolute Gasteiger partial charge is 0.274 e. The summed E-state index contributed by atoms with van der Waals surface area (Å²) in [7, 11) is 4.15. The first kappa shape index (κ1) is 15.1. The van der Waals surface area contributed by atoms with E-state index in [1.807, 2.05) is 4.90 Å². The molecule has 1 fully saturated rings. The van der Waals surface area contributed by atoms with Gasteiger partial charge in [0, 0.05) is 19.6 Å². The van der Waals surface area contributed by atoms with E-state index in [-0.39, 0.29) is 11.6 Å². The zero-order valence-corrected chi connectivity index (χ0v) is 12.7. The topological polar surface area (TPSA) is 62.5 Å². The minimum Gasteiger partial charge on any atom is -0.384 e. The number of carbonyl (C=O) groups excluding carboxylic acids is 1. The molecular formula is C14H21ClN4O. The van der Waals surface area contributed by atoms with Gasteiger partial charge in [0.15, 0.2) is 0 Å². The highest BCUT2D eigenvalue weighted by Crippen LogP contribution is 2.22. The Morgan fingerprint density at radius 1 is 1.45 bits per heavy atom. The third kappa shape index (κ3) is 3.61. The molecule has 1 aromatic rings. The van der Waals surface area contributed by atoms with Crippen molar-refractivity contribution in [2.75, 3.05) is 39.5 Å². The largest absolute Gasteiger partial charge is 0.384 e. The zero-order chi connectivity index (χ0) is 14.7. The molecule has 0 aliphatic carbocycles. The van der Waals surface area contributed by atoms with E-state index in [0.717, 1.165) is 32.5 Å². The van der Waals surface area contributed by atoms with Crippen molar-refractivity contribution >= 4 is 23.3 Å². The van der Waals surface area contributed by atoms with Crippen LogP contribution in [-0.4, -0.2) is 54.4 Å². The molecule has 0 spiro atoms. The number of rotatable bonds is 3. The summed E-state index contributed by atoms with van der Waals surface area (Å²) in [5.41, 5.74) is 5.89. The first-order valence-corrected chi connectivity index (χ1v) is 7.21. The zero-order valence-electron chi connectivity index (χ0n) is 12.0. The Balaban J connectivity index is 2.00. The summed E-state index contributed by atoms with van der Waals surface area (Å²) in [6, 6.07) is 3.22. The molecule has 0 bridgehead atoms. The van der Waals surface area contributed by atoms with Crippen LogP contribution in [0.1, 0.15) is 23.3 Å². The van der Waals surface area contributed by atoms with Crippen LogP contribution in [0.15, 0.2) is 12.1 Å². The molecular weight excluding hydrogens is 276 g/mol. The van der Waals surface area contributed by atoms with Gasteiger partial charge in [0.25, 0.3) is 5.91 Å². The lowest BCUT2D eigenvalue weighted by molar-refractivity contribution is 0.0672. The first-order chi connectivity index (χ1) is 9.47. The van der Waals surface area contributed by atoms with Gasteiger partial charge in [0.1, 0.15) is 11.5 Å². The number of halogens is 1. The Kier molecular flexibility index (Phi) is 4.83. The Labute approximate surface area is 124 Å². The lowest BCUT2D eigenvalue weighted by Gasteiger charge is -2.33. The van der Waals surface area contributed by atoms with E-state index < -0.39 is 0 Å². The molecule has 20 heavy (non-hydrogen) atoms. The van der Waals surface area contributed by atoms with Crippen LogP contribution in [0.4, 0.5) is 5.82 Å². The highest BCUT2D eigenvalue weighted by molar-refractivity contribution is 6.33. The number of carbonyl (C=O) groups is 1. The number of hydrogen-bond donors (Lipinski definition) is 1. The minimum atomic E-state index is -0.120. The van der Waals surface area contributed by atoms with Crippen LogP contribution in [0.2, 0.25) is 5.02 Å². The predicted octanol–water partition coefficient (Wildman–Crippen LogP) is 1.73. The highest BCUT2D eigenvalue weighted by Gasteiger charge is 2.26. The fourth-order valence-electron chi connectivity index (χ4n) is 2.59. The Morgan fingerprint density at radius 2 is 2.10 bits per heavy atom. The average Bonchev–Trinajstić information content (AvgIpc) is 2.41. The molecule has 1 amide bonds. The summed E-state index contributed by atoms with van der Waals surface area (Å²) in [5, 5.41) is 0.361. The molecule has 2 N–H and O–H groups in total. The Bertz CT molecular complexity index is 484. The summed E-state index contributed by atoms with van der Waals surface area (Å²) in [4.78, 5) is 20.5. The van der Waals surface area contributed by atoms with Crippen LogP contribution < -0.4 is 5.73 Å². The fourth-order valence-corrected chi connectivity index (χ4v) is 2.78. The number of hydrogen-bond acceptors (Lipinski definition) is 4. The molecule has 1 aliphatic rings. The molecule has 110 valence electrons. The number of likely N-dealkylation sites (tertiary alicyclic amines) is 1. The second-order valence-corrected chi connectivity index (χ2v) is 5.97. The molecule has 1 aliphatic heterocycles. The highest BCUT2D eigenvalue weighted by atomic mass is 35.5. The number of nitrogen functional groups attached to an aromatic ring is 1. The van der Waals surface area contributed by atoms with Crippen LogP contribution in [0.3, 0.4) is 0 Å². The molecule has 0 unspecified atom stereocenters. The van der Waals surface area contributed by atoms with Crippen molar-refractivity contribution in [3.05, 3.63) is 22.8 Å². The quantitative estimate of drug-likeness (QED) is 0.923. The molecule has 5 nitrogen and oxygen atoms in total. The summed E-state index contributed by atoms with van der Waals surface area (Å²) >= 11 is 6.04. The number of pyridine rings is 1. The lowest BCUT2D eigenvalue weighted by Crippen LogP contribution is -2.41. The number of nitrogens with two attached hydrogens (primary N) is 1. The van der Waals surface area contributed by atoms with Crippen molar-refractivity contribution in [3.8, 4) is 0 Å². The Hall–Kier alpha value is -1.33. The van der Waals surface area contributed by atoms with Gasteiger partial charge in [-0.05, 0) is 45.0 Å². The number of aromatic nitrogens is 1. The van der Waals surface area contributed by atoms with Crippen LogP contribution in [-0.2, 0) is 0 Å². The molecule has 1 saturated heterocycles. The molecule has 2 heterocycles. The second-order valence-electron chi connectivity index (χ2n) is 5.56. The summed E-state index contributed by atoms with van der Waals surface area (Å²) in [6.07, 6.45) is 2.04. The monoisotopic (exact) mass is 296 g/mol. The van der Waals surface area contributed by atoms with Gasteiger partial charge in [-0.3, -0.25) is 4.79 Å². The SMILES string of the molecule is CN(C)CC1CCN(C(=O)c2nc(N)ccc2Cl)CC1. The predicted molar refractivity (Wildman–Crippen MR) is 80.8 cm³/mol. The second kappa shape index (κ2) is 6.41. The maximum Gasteiger partial charge on any atom is 0.274 e. The normalized spacial score (nSPS) is 16.7. The Morgan fingerprint density at radius 3 is 2.70 bits per heavy atom. The summed E-state index contributed by atoms with van der Waals surface area (Å²) in [6.45, 7) is 2.58. The van der Waals surface area contributed by atoms with E-state index in [9.17, 15) is 4.79 Å². The number of anilines is 1. The van der Waals surface area contributed by atoms with Gasteiger partial charge in [0.05, 0.1) is 5.02 Å². The van der Waals surface area contributed by atoms with E-state index in [2.05, 4.69) is 24.0 Å². The minimum absolute atomic E-state index is 0.120. The molecule has 0 atom stereocenters. The number of amides is 1. The average molecular weight is 297 g/mol. The van der Waals surface area contributed by atoms with Crippen molar-refractivity contribution < 1.29 is 4.79 Å². The molecule has 6 heteroatoms. The van der Waals surface area contributed by atoms with Gasteiger partial charge in [-0.15, -0.1) is 0 Å². The first-order valence-electron chi connectivity index (χ1n) is 6.83. The van der Waals surface area contributed by atoms with Gasteiger partial charge in [0.2, 0.25) is 0 Å².